The summed E-state index contributed by atoms with van der Waals surface area (Å²) >= 11 is 0. The van der Waals surface area contributed by atoms with Crippen molar-refractivity contribution < 1.29 is 23.0 Å². The van der Waals surface area contributed by atoms with Crippen LogP contribution in [0.1, 0.15) is 17.5 Å². The van der Waals surface area contributed by atoms with E-state index in [-0.39, 0.29) is 10.6 Å². The quantitative estimate of drug-likeness (QED) is 0.890. The van der Waals surface area contributed by atoms with E-state index in [2.05, 4.69) is 4.72 Å². The van der Waals surface area contributed by atoms with Crippen LogP contribution in [0.15, 0.2) is 35.2 Å². The van der Waals surface area contributed by atoms with Gasteiger partial charge in [-0.2, -0.15) is 0 Å². The smallest absolute Gasteiger partial charge is 0.262 e. The molecule has 0 aromatic heterocycles. The van der Waals surface area contributed by atoms with Crippen molar-refractivity contribution >= 4 is 15.7 Å². The number of anilines is 1. The maximum absolute atomic E-state index is 12.6. The summed E-state index contributed by atoms with van der Waals surface area (Å²) in [6, 6.07) is 7.80. The second kappa shape index (κ2) is 6.24. The number of hydrogen-bond donors (Lipinski definition) is 2. The summed E-state index contributed by atoms with van der Waals surface area (Å²) in [5.74, 6) is 1.03. The number of phenolic OH excluding ortho intramolecular Hbond substituents is 1. The summed E-state index contributed by atoms with van der Waals surface area (Å²) in [6.45, 7) is 4.44. The molecule has 1 heterocycles. The maximum atomic E-state index is 12.6. The summed E-state index contributed by atoms with van der Waals surface area (Å²) in [7, 11) is -3.81. The number of benzene rings is 2. The van der Waals surface area contributed by atoms with Gasteiger partial charge in [-0.15, -0.1) is 0 Å². The van der Waals surface area contributed by atoms with Crippen molar-refractivity contribution in [2.45, 2.75) is 25.2 Å². The fourth-order valence-corrected chi connectivity index (χ4v) is 3.60. The van der Waals surface area contributed by atoms with Gasteiger partial charge in [0.1, 0.15) is 5.75 Å². The molecule has 3 rings (SSSR count). The number of aryl methyl sites for hydroxylation is 1. The Bertz CT molecular complexity index is 877. The summed E-state index contributed by atoms with van der Waals surface area (Å²) in [5.41, 5.74) is 1.50. The van der Waals surface area contributed by atoms with E-state index in [0.29, 0.717) is 41.5 Å². The highest BCUT2D eigenvalue weighted by atomic mass is 32.2. The molecule has 0 unspecified atom stereocenters. The zero-order chi connectivity index (χ0) is 17.3. The molecule has 0 spiro atoms. The minimum absolute atomic E-state index is 0.0752. The minimum Gasteiger partial charge on any atom is -0.507 e. The van der Waals surface area contributed by atoms with Crippen LogP contribution in [0.25, 0.3) is 0 Å². The lowest BCUT2D eigenvalue weighted by molar-refractivity contribution is 0.297. The molecule has 1 aliphatic heterocycles. The molecule has 0 saturated carbocycles. The molecule has 0 aliphatic carbocycles. The van der Waals surface area contributed by atoms with Crippen molar-refractivity contribution in [3.8, 4) is 17.2 Å². The van der Waals surface area contributed by atoms with Crippen LogP contribution in [-0.4, -0.2) is 26.7 Å². The SMILES string of the molecule is Cc1ccc(NS(=O)(=O)c2ccc3c(c2)OCCCO3)c(C)c1O. The molecule has 2 N–H and O–H groups in total. The molecule has 0 amide bonds. The van der Waals surface area contributed by atoms with Crippen molar-refractivity contribution in [1.29, 1.82) is 0 Å². The second-order valence-electron chi connectivity index (χ2n) is 5.67. The second-order valence-corrected chi connectivity index (χ2v) is 7.35. The molecule has 24 heavy (non-hydrogen) atoms. The lowest BCUT2D eigenvalue weighted by Crippen LogP contribution is -2.14. The first-order chi connectivity index (χ1) is 11.4. The Hall–Kier alpha value is -2.41. The summed E-state index contributed by atoms with van der Waals surface area (Å²) < 4.78 is 38.8. The topological polar surface area (TPSA) is 84.9 Å². The predicted octanol–water partition coefficient (Wildman–Crippen LogP) is 2.97. The van der Waals surface area contributed by atoms with E-state index in [1.54, 1.807) is 32.0 Å². The third kappa shape index (κ3) is 3.12. The van der Waals surface area contributed by atoms with Gasteiger partial charge in [-0.1, -0.05) is 6.07 Å². The van der Waals surface area contributed by atoms with Gasteiger partial charge >= 0.3 is 0 Å². The van der Waals surface area contributed by atoms with E-state index >= 15 is 0 Å². The zero-order valence-electron chi connectivity index (χ0n) is 13.5. The van der Waals surface area contributed by atoms with Crippen molar-refractivity contribution in [2.75, 3.05) is 17.9 Å². The highest BCUT2D eigenvalue weighted by Gasteiger charge is 2.20. The molecular formula is C17H19NO5S. The Balaban J connectivity index is 1.94. The fourth-order valence-electron chi connectivity index (χ4n) is 2.46. The molecule has 0 saturated heterocycles. The van der Waals surface area contributed by atoms with Crippen LogP contribution in [0.5, 0.6) is 17.2 Å². The number of fused-ring (bicyclic) bond motifs is 1. The third-order valence-electron chi connectivity index (χ3n) is 3.91. The number of nitrogens with one attached hydrogen (secondary N) is 1. The average molecular weight is 349 g/mol. The van der Waals surface area contributed by atoms with Crippen LogP contribution in [0.4, 0.5) is 5.69 Å². The molecule has 7 heteroatoms. The standard InChI is InChI=1S/C17H19NO5S/c1-11-4-6-14(12(2)17(11)19)18-24(20,21)13-5-7-15-16(10-13)23-9-3-8-22-15/h4-7,10,18-19H,3,8-9H2,1-2H3. The highest BCUT2D eigenvalue weighted by molar-refractivity contribution is 7.92. The Labute approximate surface area is 141 Å². The van der Waals surface area contributed by atoms with Crippen molar-refractivity contribution in [3.63, 3.8) is 0 Å². The molecule has 2 aromatic carbocycles. The summed E-state index contributed by atoms with van der Waals surface area (Å²) in [5, 5.41) is 9.97. The first-order valence-electron chi connectivity index (χ1n) is 7.60. The maximum Gasteiger partial charge on any atom is 0.262 e. The first-order valence-corrected chi connectivity index (χ1v) is 9.08. The van der Waals surface area contributed by atoms with Gasteiger partial charge in [-0.25, -0.2) is 8.42 Å². The molecule has 0 atom stereocenters. The minimum atomic E-state index is -3.81. The van der Waals surface area contributed by atoms with E-state index in [9.17, 15) is 13.5 Å². The first kappa shape index (κ1) is 16.4. The van der Waals surface area contributed by atoms with Gasteiger partial charge in [-0.3, -0.25) is 4.72 Å². The number of rotatable bonds is 3. The normalized spacial score (nSPS) is 14.1. The molecule has 128 valence electrons. The zero-order valence-corrected chi connectivity index (χ0v) is 14.3. The highest BCUT2D eigenvalue weighted by Crippen LogP contribution is 2.34. The lowest BCUT2D eigenvalue weighted by Gasteiger charge is -2.14. The van der Waals surface area contributed by atoms with Crippen LogP contribution in [0, 0.1) is 13.8 Å². The van der Waals surface area contributed by atoms with E-state index in [0.717, 1.165) is 6.42 Å². The van der Waals surface area contributed by atoms with Gasteiger partial charge in [-0.05, 0) is 37.6 Å². The van der Waals surface area contributed by atoms with Crippen LogP contribution < -0.4 is 14.2 Å². The predicted molar refractivity (Wildman–Crippen MR) is 90.4 cm³/mol. The largest absolute Gasteiger partial charge is 0.507 e. The monoisotopic (exact) mass is 349 g/mol. The van der Waals surface area contributed by atoms with Gasteiger partial charge in [0.25, 0.3) is 10.0 Å². The number of aromatic hydroxyl groups is 1. The lowest BCUT2D eigenvalue weighted by atomic mass is 10.1. The van der Waals surface area contributed by atoms with Crippen LogP contribution >= 0.6 is 0 Å². The van der Waals surface area contributed by atoms with Gasteiger partial charge in [0.05, 0.1) is 23.8 Å². The Morgan fingerprint density at radius 1 is 1.04 bits per heavy atom. The Morgan fingerprint density at radius 3 is 2.50 bits per heavy atom. The molecule has 0 fully saturated rings. The number of sulfonamides is 1. The van der Waals surface area contributed by atoms with Gasteiger partial charge < -0.3 is 14.6 Å². The van der Waals surface area contributed by atoms with E-state index < -0.39 is 10.0 Å². The third-order valence-corrected chi connectivity index (χ3v) is 5.27. The van der Waals surface area contributed by atoms with Gasteiger partial charge in [0.15, 0.2) is 11.5 Å². The van der Waals surface area contributed by atoms with Crippen LogP contribution in [0.3, 0.4) is 0 Å². The molecule has 0 bridgehead atoms. The number of phenols is 1. The van der Waals surface area contributed by atoms with E-state index in [1.807, 2.05) is 0 Å². The molecule has 2 aromatic rings. The van der Waals surface area contributed by atoms with Gasteiger partial charge in [0, 0.05) is 18.1 Å². The average Bonchev–Trinajstić information content (AvgIpc) is 2.80. The van der Waals surface area contributed by atoms with Gasteiger partial charge in [0.2, 0.25) is 0 Å². The van der Waals surface area contributed by atoms with Crippen molar-refractivity contribution in [2.24, 2.45) is 0 Å². The molecule has 6 nitrogen and oxygen atoms in total. The Morgan fingerprint density at radius 2 is 1.75 bits per heavy atom. The van der Waals surface area contributed by atoms with Crippen molar-refractivity contribution in [1.82, 2.24) is 0 Å². The van der Waals surface area contributed by atoms with Crippen LogP contribution in [0.2, 0.25) is 0 Å². The van der Waals surface area contributed by atoms with E-state index in [1.165, 1.54) is 12.1 Å². The van der Waals surface area contributed by atoms with E-state index in [4.69, 9.17) is 9.47 Å². The molecule has 0 radical (unpaired) electrons. The summed E-state index contributed by atoms with van der Waals surface area (Å²) in [6.07, 6.45) is 0.747. The fraction of sp³-hybridized carbons (Fsp3) is 0.294. The molecular weight excluding hydrogens is 330 g/mol. The number of ether oxygens (including phenoxy) is 2. The number of hydrogen-bond acceptors (Lipinski definition) is 5. The summed E-state index contributed by atoms with van der Waals surface area (Å²) in [4.78, 5) is 0.0752. The van der Waals surface area contributed by atoms with Crippen molar-refractivity contribution in [3.05, 3.63) is 41.5 Å². The Kier molecular flexibility index (Phi) is 4.28. The molecule has 1 aliphatic rings. The van der Waals surface area contributed by atoms with Crippen LogP contribution in [-0.2, 0) is 10.0 Å².